The Hall–Kier alpha value is -2.82. The van der Waals surface area contributed by atoms with Gasteiger partial charge in [0.2, 0.25) is 17.7 Å². The highest BCUT2D eigenvalue weighted by Gasteiger charge is 2.29. The lowest BCUT2D eigenvalue weighted by molar-refractivity contribution is -0.137. The summed E-state index contributed by atoms with van der Waals surface area (Å²) >= 11 is 0. The van der Waals surface area contributed by atoms with Crippen molar-refractivity contribution < 1.29 is 19.2 Å². The number of likely N-dealkylation sites (tertiary alicyclic amines) is 1. The number of aromatic nitrogens is 3. The number of carbonyl (C=O) groups excluding carboxylic acids is 4. The van der Waals surface area contributed by atoms with Crippen LogP contribution in [0, 0.1) is 0 Å². The van der Waals surface area contributed by atoms with E-state index in [1.54, 1.807) is 29.6 Å². The van der Waals surface area contributed by atoms with E-state index in [2.05, 4.69) is 20.9 Å². The summed E-state index contributed by atoms with van der Waals surface area (Å²) in [5.74, 6) is -0.681. The summed E-state index contributed by atoms with van der Waals surface area (Å²) in [5.41, 5.74) is 6.30. The number of unbranched alkanes of at least 4 members (excludes halogenated alkanes) is 1. The van der Waals surface area contributed by atoms with Gasteiger partial charge in [0.25, 0.3) is 0 Å². The van der Waals surface area contributed by atoms with Gasteiger partial charge in [0.15, 0.2) is 5.78 Å². The van der Waals surface area contributed by atoms with E-state index < -0.39 is 18.1 Å². The van der Waals surface area contributed by atoms with Crippen molar-refractivity contribution in [3.8, 4) is 0 Å². The van der Waals surface area contributed by atoms with Crippen LogP contribution in [0.15, 0.2) is 6.20 Å². The van der Waals surface area contributed by atoms with Gasteiger partial charge in [-0.25, -0.2) is 0 Å². The molecular formula is C23H39N7O4. The number of aryl methyl sites for hydroxylation is 1. The van der Waals surface area contributed by atoms with Crippen molar-refractivity contribution >= 4 is 23.5 Å². The zero-order valence-electron chi connectivity index (χ0n) is 20.6. The minimum absolute atomic E-state index is 0.0245. The zero-order chi connectivity index (χ0) is 25.1. The molecule has 0 aliphatic carbocycles. The van der Waals surface area contributed by atoms with Crippen molar-refractivity contribution in [2.75, 3.05) is 13.1 Å². The summed E-state index contributed by atoms with van der Waals surface area (Å²) in [5, 5.41) is 13.8. The van der Waals surface area contributed by atoms with E-state index in [1.807, 2.05) is 0 Å². The largest absolute Gasteiger partial charge is 0.347 e. The van der Waals surface area contributed by atoms with E-state index in [4.69, 9.17) is 5.73 Å². The summed E-state index contributed by atoms with van der Waals surface area (Å²) in [7, 11) is 0. The second kappa shape index (κ2) is 13.8. The topological polar surface area (TPSA) is 152 Å². The average molecular weight is 478 g/mol. The van der Waals surface area contributed by atoms with E-state index in [9.17, 15) is 19.2 Å². The van der Waals surface area contributed by atoms with E-state index in [0.717, 1.165) is 32.1 Å². The number of Topliss-reactive ketones (excluding diaryl/α,β-unsaturated/α-hetero) is 1. The zero-order valence-corrected chi connectivity index (χ0v) is 20.6. The Morgan fingerprint density at radius 2 is 1.79 bits per heavy atom. The van der Waals surface area contributed by atoms with E-state index in [1.165, 1.54) is 6.92 Å². The molecule has 1 aliphatic heterocycles. The van der Waals surface area contributed by atoms with Crippen LogP contribution in [0.3, 0.4) is 0 Å². The molecule has 4 N–H and O–H groups in total. The summed E-state index contributed by atoms with van der Waals surface area (Å²) < 4.78 is 1.69. The van der Waals surface area contributed by atoms with Gasteiger partial charge in [0.1, 0.15) is 6.04 Å². The van der Waals surface area contributed by atoms with Crippen LogP contribution < -0.4 is 16.4 Å². The molecule has 1 saturated heterocycles. The van der Waals surface area contributed by atoms with Crippen LogP contribution in [0.5, 0.6) is 0 Å². The quantitative estimate of drug-likeness (QED) is 0.346. The number of ketones is 1. The van der Waals surface area contributed by atoms with Crippen molar-refractivity contribution in [3.63, 3.8) is 0 Å². The molecule has 2 unspecified atom stereocenters. The molecule has 0 aromatic carbocycles. The minimum Gasteiger partial charge on any atom is -0.347 e. The molecule has 3 amide bonds. The first-order valence-corrected chi connectivity index (χ1v) is 12.2. The van der Waals surface area contributed by atoms with Crippen LogP contribution in [0.2, 0.25) is 0 Å². The molecule has 2 rings (SSSR count). The third kappa shape index (κ3) is 8.85. The Morgan fingerprint density at radius 3 is 2.41 bits per heavy atom. The number of nitrogens with two attached hydrogens (primary N) is 1. The Bertz CT molecular complexity index is 833. The molecule has 190 valence electrons. The van der Waals surface area contributed by atoms with E-state index in [0.29, 0.717) is 38.2 Å². The number of nitrogens with one attached hydrogen (secondary N) is 2. The number of carbonyl (C=O) groups is 4. The first-order valence-electron chi connectivity index (χ1n) is 12.2. The molecule has 2 heterocycles. The SMILES string of the molecule is CCC(=O)C(CCCCn1cc(C[C@H](NC(=O)C(C)N)C(=O)N2CCCCC2)nn1)NC(C)=O. The number of hydrogen-bond acceptors (Lipinski definition) is 7. The highest BCUT2D eigenvalue weighted by Crippen LogP contribution is 2.12. The number of rotatable bonds is 13. The van der Waals surface area contributed by atoms with Gasteiger partial charge >= 0.3 is 0 Å². The average Bonchev–Trinajstić information content (AvgIpc) is 3.26. The maximum Gasteiger partial charge on any atom is 0.245 e. The van der Waals surface area contributed by atoms with Gasteiger partial charge < -0.3 is 21.3 Å². The van der Waals surface area contributed by atoms with Crippen LogP contribution in [0.1, 0.15) is 71.4 Å². The summed E-state index contributed by atoms with van der Waals surface area (Å²) in [6, 6.07) is -1.91. The van der Waals surface area contributed by atoms with E-state index >= 15 is 0 Å². The van der Waals surface area contributed by atoms with Gasteiger partial charge in [-0.2, -0.15) is 0 Å². The molecule has 1 fully saturated rings. The van der Waals surface area contributed by atoms with Crippen molar-refractivity contribution in [3.05, 3.63) is 11.9 Å². The third-order valence-electron chi connectivity index (χ3n) is 5.94. The van der Waals surface area contributed by atoms with Gasteiger partial charge in [-0.05, 0) is 45.4 Å². The first-order chi connectivity index (χ1) is 16.2. The van der Waals surface area contributed by atoms with Crippen LogP contribution >= 0.6 is 0 Å². The number of piperidine rings is 1. The molecule has 1 aromatic heterocycles. The maximum absolute atomic E-state index is 13.1. The normalized spacial score (nSPS) is 16.4. The van der Waals surface area contributed by atoms with Crippen LogP contribution in [0.4, 0.5) is 0 Å². The molecule has 1 aromatic rings. The fraction of sp³-hybridized carbons (Fsp3) is 0.739. The summed E-state index contributed by atoms with van der Waals surface area (Å²) in [6.07, 6.45) is 7.50. The lowest BCUT2D eigenvalue weighted by atomic mass is 10.0. The molecule has 0 saturated carbocycles. The lowest BCUT2D eigenvalue weighted by Gasteiger charge is -2.30. The van der Waals surface area contributed by atoms with Crippen molar-refractivity contribution in [1.29, 1.82) is 0 Å². The summed E-state index contributed by atoms with van der Waals surface area (Å²) in [6.45, 7) is 6.75. The Morgan fingerprint density at radius 1 is 1.09 bits per heavy atom. The van der Waals surface area contributed by atoms with Gasteiger partial charge in [0.05, 0.1) is 17.8 Å². The number of nitrogens with zero attached hydrogens (tertiary/aromatic N) is 4. The van der Waals surface area contributed by atoms with Gasteiger partial charge in [-0.15, -0.1) is 5.10 Å². The molecule has 11 heteroatoms. The smallest absolute Gasteiger partial charge is 0.245 e. The molecule has 0 spiro atoms. The third-order valence-corrected chi connectivity index (χ3v) is 5.94. The summed E-state index contributed by atoms with van der Waals surface area (Å²) in [4.78, 5) is 50.4. The van der Waals surface area contributed by atoms with Crippen LogP contribution in [0.25, 0.3) is 0 Å². The monoisotopic (exact) mass is 477 g/mol. The van der Waals surface area contributed by atoms with Gasteiger partial charge in [-0.1, -0.05) is 12.1 Å². The molecular weight excluding hydrogens is 438 g/mol. The molecule has 0 radical (unpaired) electrons. The standard InChI is InChI=1S/C23H39N7O4/c1-4-21(32)19(25-17(3)31)10-6-9-13-30-15-18(27-28-30)14-20(26-22(33)16(2)24)23(34)29-11-7-5-8-12-29/h15-16,19-20H,4-14,24H2,1-3H3,(H,25,31)(H,26,33)/t16?,19?,20-/m0/s1. The molecule has 0 bridgehead atoms. The Labute approximate surface area is 201 Å². The minimum atomic E-state index is -0.736. The predicted octanol–water partition coefficient (Wildman–Crippen LogP) is 0.319. The maximum atomic E-state index is 13.1. The van der Waals surface area contributed by atoms with Crippen LogP contribution in [-0.2, 0) is 32.1 Å². The molecule has 11 nitrogen and oxygen atoms in total. The van der Waals surface area contributed by atoms with Gasteiger partial charge in [-0.3, -0.25) is 23.9 Å². The number of amides is 3. The lowest BCUT2D eigenvalue weighted by Crippen LogP contribution is -2.53. The second-order valence-electron chi connectivity index (χ2n) is 8.98. The first kappa shape index (κ1) is 27.4. The van der Waals surface area contributed by atoms with E-state index in [-0.39, 0.29) is 29.9 Å². The highest BCUT2D eigenvalue weighted by molar-refractivity contribution is 5.90. The number of hydrogen-bond donors (Lipinski definition) is 3. The second-order valence-corrected chi connectivity index (χ2v) is 8.98. The molecule has 34 heavy (non-hydrogen) atoms. The molecule has 1 aliphatic rings. The Kier molecular flexibility index (Phi) is 11.1. The van der Waals surface area contributed by atoms with Gasteiger partial charge in [0, 0.05) is 45.6 Å². The highest BCUT2D eigenvalue weighted by atomic mass is 16.2. The molecule has 3 atom stereocenters. The van der Waals surface area contributed by atoms with Crippen molar-refractivity contribution in [2.45, 2.75) is 96.8 Å². The predicted molar refractivity (Wildman–Crippen MR) is 126 cm³/mol. The fourth-order valence-electron chi connectivity index (χ4n) is 4.02. The fourth-order valence-corrected chi connectivity index (χ4v) is 4.02. The van der Waals surface area contributed by atoms with Crippen molar-refractivity contribution in [2.24, 2.45) is 5.73 Å². The van der Waals surface area contributed by atoms with Crippen LogP contribution in [-0.4, -0.2) is 74.6 Å². The Balaban J connectivity index is 1.92. The van der Waals surface area contributed by atoms with Crippen molar-refractivity contribution in [1.82, 2.24) is 30.5 Å².